The molecule has 2 N–H and O–H groups in total. The maximum absolute atomic E-state index is 12.1. The molecule has 0 aliphatic rings. The molecule has 1 aromatic carbocycles. The Balaban J connectivity index is 2.03. The summed E-state index contributed by atoms with van der Waals surface area (Å²) in [5.74, 6) is -1.80. The van der Waals surface area contributed by atoms with Gasteiger partial charge in [0.2, 0.25) is 0 Å². The molecule has 0 unspecified atom stereocenters. The summed E-state index contributed by atoms with van der Waals surface area (Å²) < 4.78 is 4.63. The van der Waals surface area contributed by atoms with E-state index in [1.165, 1.54) is 5.38 Å². The fourth-order valence-corrected chi connectivity index (χ4v) is 2.68. The van der Waals surface area contributed by atoms with Crippen LogP contribution in [0.2, 0.25) is 0 Å². The van der Waals surface area contributed by atoms with Gasteiger partial charge >= 0.3 is 12.0 Å². The summed E-state index contributed by atoms with van der Waals surface area (Å²) in [7, 11) is 0. The Morgan fingerprint density at radius 3 is 2.46 bits per heavy atom. The van der Waals surface area contributed by atoms with E-state index in [1.807, 2.05) is 32.0 Å². The number of carbonyl (C=O) groups excluding carboxylic acids is 3. The number of urea groups is 1. The number of Topliss-reactive ketones (excluding diaryl/α,β-unsaturated/α-hetero) is 1. The quantitative estimate of drug-likeness (QED) is 0.492. The zero-order valence-electron chi connectivity index (χ0n) is 13.5. The first-order valence-electron chi connectivity index (χ1n) is 7.23. The molecule has 0 atom stereocenters. The van der Waals surface area contributed by atoms with Gasteiger partial charge in [0.25, 0.3) is 5.78 Å². The summed E-state index contributed by atoms with van der Waals surface area (Å²) in [4.78, 5) is 39.1. The minimum Gasteiger partial charge on any atom is -0.460 e. The number of aryl methyl sites for hydroxylation is 2. The largest absolute Gasteiger partial charge is 0.460 e. The molecular formula is C16H17N3O4S. The zero-order valence-corrected chi connectivity index (χ0v) is 14.3. The number of carbonyl (C=O) groups is 3. The average Bonchev–Trinajstić information content (AvgIpc) is 2.99. The normalized spacial score (nSPS) is 10.1. The maximum Gasteiger partial charge on any atom is 0.381 e. The molecule has 2 rings (SSSR count). The molecule has 0 radical (unpaired) electrons. The summed E-state index contributed by atoms with van der Waals surface area (Å²) >= 11 is 1.05. The fourth-order valence-electron chi connectivity index (χ4n) is 1.99. The van der Waals surface area contributed by atoms with Gasteiger partial charge in [-0.1, -0.05) is 18.2 Å². The van der Waals surface area contributed by atoms with Gasteiger partial charge in [-0.25, -0.2) is 14.6 Å². The van der Waals surface area contributed by atoms with Crippen LogP contribution in [0.4, 0.5) is 15.6 Å². The van der Waals surface area contributed by atoms with Crippen LogP contribution in [0.3, 0.4) is 0 Å². The lowest BCUT2D eigenvalue weighted by Gasteiger charge is -2.11. The lowest BCUT2D eigenvalue weighted by atomic mass is 10.1. The summed E-state index contributed by atoms with van der Waals surface area (Å²) in [6, 6.07) is 5.21. The summed E-state index contributed by atoms with van der Waals surface area (Å²) in [5.41, 5.74) is 2.53. The molecule has 0 aliphatic carbocycles. The Hall–Kier alpha value is -2.74. The van der Waals surface area contributed by atoms with Crippen LogP contribution < -0.4 is 10.6 Å². The van der Waals surface area contributed by atoms with Gasteiger partial charge in [-0.2, -0.15) is 0 Å². The molecule has 1 heterocycles. The molecule has 8 heteroatoms. The molecule has 2 aromatic rings. The van der Waals surface area contributed by atoms with E-state index in [9.17, 15) is 14.4 Å². The highest BCUT2D eigenvalue weighted by atomic mass is 32.1. The van der Waals surface area contributed by atoms with Crippen molar-refractivity contribution in [3.05, 3.63) is 40.4 Å². The van der Waals surface area contributed by atoms with E-state index in [0.29, 0.717) is 0 Å². The minimum atomic E-state index is -0.964. The molecular weight excluding hydrogens is 330 g/mol. The predicted octanol–water partition coefficient (Wildman–Crippen LogP) is 3.15. The molecule has 0 spiro atoms. The molecule has 2 amide bonds. The van der Waals surface area contributed by atoms with Gasteiger partial charge in [0.1, 0.15) is 5.69 Å². The first-order valence-corrected chi connectivity index (χ1v) is 8.11. The van der Waals surface area contributed by atoms with Gasteiger partial charge in [0.15, 0.2) is 5.13 Å². The number of ketones is 1. The SMILES string of the molecule is CCOC(=O)C(=O)c1csc(NC(=O)Nc2c(C)cccc2C)n1. The Morgan fingerprint density at radius 2 is 1.83 bits per heavy atom. The number of nitrogens with one attached hydrogen (secondary N) is 2. The Kier molecular flexibility index (Phi) is 5.64. The highest BCUT2D eigenvalue weighted by Gasteiger charge is 2.21. The number of hydrogen-bond donors (Lipinski definition) is 2. The van der Waals surface area contributed by atoms with Gasteiger partial charge in [0, 0.05) is 11.1 Å². The average molecular weight is 347 g/mol. The number of anilines is 2. The van der Waals surface area contributed by atoms with Crippen LogP contribution >= 0.6 is 11.3 Å². The molecule has 0 bridgehead atoms. The van der Waals surface area contributed by atoms with Crippen LogP contribution in [0, 0.1) is 13.8 Å². The number of para-hydroxylation sites is 1. The number of esters is 1. The van der Waals surface area contributed by atoms with Crippen molar-refractivity contribution >= 4 is 39.9 Å². The number of ether oxygens (including phenoxy) is 1. The van der Waals surface area contributed by atoms with E-state index in [0.717, 1.165) is 28.2 Å². The van der Waals surface area contributed by atoms with Gasteiger partial charge in [-0.15, -0.1) is 11.3 Å². The predicted molar refractivity (Wildman–Crippen MR) is 91.6 cm³/mol. The Morgan fingerprint density at radius 1 is 1.17 bits per heavy atom. The van der Waals surface area contributed by atoms with Crippen molar-refractivity contribution in [3.63, 3.8) is 0 Å². The number of thiazole rings is 1. The zero-order chi connectivity index (χ0) is 17.7. The van der Waals surface area contributed by atoms with Crippen molar-refractivity contribution in [1.82, 2.24) is 4.98 Å². The summed E-state index contributed by atoms with van der Waals surface area (Å²) in [6.07, 6.45) is 0. The third-order valence-corrected chi connectivity index (χ3v) is 3.90. The number of rotatable bonds is 5. The second-order valence-corrected chi connectivity index (χ2v) is 5.79. The second kappa shape index (κ2) is 7.69. The Labute approximate surface area is 143 Å². The van der Waals surface area contributed by atoms with E-state index >= 15 is 0 Å². The third kappa shape index (κ3) is 4.17. The van der Waals surface area contributed by atoms with Crippen LogP contribution in [-0.4, -0.2) is 29.4 Å². The number of amides is 2. The number of nitrogens with zero attached hydrogens (tertiary/aromatic N) is 1. The van der Waals surface area contributed by atoms with E-state index in [1.54, 1.807) is 6.92 Å². The molecule has 0 saturated carbocycles. The van der Waals surface area contributed by atoms with Crippen LogP contribution in [-0.2, 0) is 9.53 Å². The van der Waals surface area contributed by atoms with Crippen molar-refractivity contribution in [1.29, 1.82) is 0 Å². The number of hydrogen-bond acceptors (Lipinski definition) is 6. The Bertz CT molecular complexity index is 765. The molecule has 1 aromatic heterocycles. The van der Waals surface area contributed by atoms with Gasteiger partial charge in [-0.05, 0) is 31.9 Å². The van der Waals surface area contributed by atoms with E-state index in [4.69, 9.17) is 0 Å². The number of aromatic nitrogens is 1. The van der Waals surface area contributed by atoms with E-state index < -0.39 is 17.8 Å². The van der Waals surface area contributed by atoms with E-state index in [-0.39, 0.29) is 17.4 Å². The lowest BCUT2D eigenvalue weighted by Crippen LogP contribution is -2.21. The van der Waals surface area contributed by atoms with Crippen LogP contribution in [0.5, 0.6) is 0 Å². The summed E-state index contributed by atoms with van der Waals surface area (Å²) in [6.45, 7) is 5.50. The van der Waals surface area contributed by atoms with Gasteiger partial charge in [-0.3, -0.25) is 10.1 Å². The van der Waals surface area contributed by atoms with Crippen LogP contribution in [0.25, 0.3) is 0 Å². The third-order valence-electron chi connectivity index (χ3n) is 3.14. The van der Waals surface area contributed by atoms with Crippen molar-refractivity contribution in [2.24, 2.45) is 0 Å². The first-order chi connectivity index (χ1) is 11.4. The molecule has 0 fully saturated rings. The minimum absolute atomic E-state index is 0.0548. The monoisotopic (exact) mass is 347 g/mol. The first kappa shape index (κ1) is 17.6. The second-order valence-electron chi connectivity index (χ2n) is 4.93. The van der Waals surface area contributed by atoms with Gasteiger partial charge in [0.05, 0.1) is 6.61 Å². The van der Waals surface area contributed by atoms with Crippen LogP contribution in [0.15, 0.2) is 23.6 Å². The summed E-state index contributed by atoms with van der Waals surface area (Å²) in [5, 5.41) is 6.90. The highest BCUT2D eigenvalue weighted by Crippen LogP contribution is 2.21. The van der Waals surface area contributed by atoms with Crippen molar-refractivity contribution < 1.29 is 19.1 Å². The highest BCUT2D eigenvalue weighted by molar-refractivity contribution is 7.14. The van der Waals surface area contributed by atoms with Crippen LogP contribution in [0.1, 0.15) is 28.5 Å². The standard InChI is InChI=1S/C16H17N3O4S/c1-4-23-14(21)13(20)11-8-24-16(17-11)19-15(22)18-12-9(2)6-5-7-10(12)3/h5-8H,4H2,1-3H3,(H2,17,18,19,22). The molecule has 126 valence electrons. The molecule has 0 saturated heterocycles. The van der Waals surface area contributed by atoms with Crippen molar-refractivity contribution in [2.45, 2.75) is 20.8 Å². The smallest absolute Gasteiger partial charge is 0.381 e. The van der Waals surface area contributed by atoms with Gasteiger partial charge < -0.3 is 10.1 Å². The van der Waals surface area contributed by atoms with Crippen molar-refractivity contribution in [3.8, 4) is 0 Å². The van der Waals surface area contributed by atoms with E-state index in [2.05, 4.69) is 20.4 Å². The number of benzene rings is 1. The maximum atomic E-state index is 12.1. The molecule has 7 nitrogen and oxygen atoms in total. The molecule has 0 aliphatic heterocycles. The molecule has 24 heavy (non-hydrogen) atoms. The lowest BCUT2D eigenvalue weighted by molar-refractivity contribution is -0.137. The fraction of sp³-hybridized carbons (Fsp3) is 0.250. The van der Waals surface area contributed by atoms with Crippen molar-refractivity contribution in [2.75, 3.05) is 17.2 Å². The topological polar surface area (TPSA) is 97.4 Å².